The Bertz CT molecular complexity index is 1920. The van der Waals surface area contributed by atoms with Gasteiger partial charge in [-0.2, -0.15) is 0 Å². The lowest BCUT2D eigenvalue weighted by Crippen LogP contribution is -2.10. The van der Waals surface area contributed by atoms with E-state index in [9.17, 15) is 0 Å². The van der Waals surface area contributed by atoms with Crippen LogP contribution in [0.1, 0.15) is 52.7 Å². The van der Waals surface area contributed by atoms with Crippen molar-refractivity contribution in [3.63, 3.8) is 0 Å². The van der Waals surface area contributed by atoms with E-state index in [2.05, 4.69) is 151 Å². The molecule has 42 heavy (non-hydrogen) atoms. The standard InChI is InChI=1S/C40H36O2/c1-39(2,3)27-15-19-29(20-16-27)41-33-23-13-25-9-8-12-32-35(25)37(33)31-11-7-10-26-14-24-34(38(32)36(26)31)42-30-21-17-28(18-22-30)40(4,5)6/h7-24H,1-6H3. The van der Waals surface area contributed by atoms with Crippen LogP contribution >= 0.6 is 0 Å². The number of hydrogen-bond acceptors (Lipinski definition) is 2. The van der Waals surface area contributed by atoms with Crippen molar-refractivity contribution in [2.24, 2.45) is 0 Å². The molecule has 0 heterocycles. The second kappa shape index (κ2) is 9.49. The van der Waals surface area contributed by atoms with E-state index in [-0.39, 0.29) is 10.8 Å². The summed E-state index contributed by atoms with van der Waals surface area (Å²) in [5.41, 5.74) is 2.76. The molecule has 0 saturated carbocycles. The highest BCUT2D eigenvalue weighted by Gasteiger charge is 2.20. The molecule has 0 atom stereocenters. The maximum atomic E-state index is 6.64. The molecule has 7 rings (SSSR count). The fourth-order valence-electron chi connectivity index (χ4n) is 6.14. The quantitative estimate of drug-likeness (QED) is 0.161. The molecule has 0 radical (unpaired) electrons. The van der Waals surface area contributed by atoms with Crippen molar-refractivity contribution in [1.29, 1.82) is 0 Å². The van der Waals surface area contributed by atoms with Gasteiger partial charge in [-0.25, -0.2) is 0 Å². The van der Waals surface area contributed by atoms with E-state index in [4.69, 9.17) is 9.47 Å². The molecule has 2 heteroatoms. The molecule has 0 aliphatic carbocycles. The fourth-order valence-corrected chi connectivity index (χ4v) is 6.14. The molecule has 0 aliphatic heterocycles. The molecule has 0 amide bonds. The van der Waals surface area contributed by atoms with Gasteiger partial charge >= 0.3 is 0 Å². The van der Waals surface area contributed by atoms with Crippen LogP contribution in [0.5, 0.6) is 23.0 Å². The van der Waals surface area contributed by atoms with Gasteiger partial charge in [0.2, 0.25) is 0 Å². The third-order valence-electron chi connectivity index (χ3n) is 8.45. The predicted molar refractivity (Wildman–Crippen MR) is 178 cm³/mol. The molecular formula is C40H36O2. The molecule has 7 aromatic rings. The first-order valence-electron chi connectivity index (χ1n) is 14.8. The molecular weight excluding hydrogens is 512 g/mol. The summed E-state index contributed by atoms with van der Waals surface area (Å²) in [5.74, 6) is 3.40. The van der Waals surface area contributed by atoms with Crippen molar-refractivity contribution < 1.29 is 9.47 Å². The van der Waals surface area contributed by atoms with Gasteiger partial charge in [-0.15, -0.1) is 0 Å². The third-order valence-corrected chi connectivity index (χ3v) is 8.45. The maximum Gasteiger partial charge on any atom is 0.135 e. The number of ether oxygens (including phenoxy) is 2. The average Bonchev–Trinajstić information content (AvgIpc) is 2.96. The zero-order valence-electron chi connectivity index (χ0n) is 25.2. The van der Waals surface area contributed by atoms with Crippen molar-refractivity contribution >= 4 is 43.1 Å². The summed E-state index contributed by atoms with van der Waals surface area (Å²) in [6.45, 7) is 13.4. The molecule has 0 spiro atoms. The molecule has 0 fully saturated rings. The molecule has 0 aromatic heterocycles. The molecule has 0 saturated heterocycles. The van der Waals surface area contributed by atoms with E-state index in [0.717, 1.165) is 33.8 Å². The Morgan fingerprint density at radius 3 is 1.12 bits per heavy atom. The molecule has 2 nitrogen and oxygen atoms in total. The molecule has 0 aliphatic rings. The smallest absolute Gasteiger partial charge is 0.135 e. The minimum atomic E-state index is 0.0934. The van der Waals surface area contributed by atoms with Crippen molar-refractivity contribution in [1.82, 2.24) is 0 Å². The minimum Gasteiger partial charge on any atom is -0.457 e. The molecule has 7 aromatic carbocycles. The molecule has 0 bridgehead atoms. The van der Waals surface area contributed by atoms with Crippen molar-refractivity contribution in [3.8, 4) is 23.0 Å². The first kappa shape index (κ1) is 26.3. The first-order chi connectivity index (χ1) is 20.1. The lowest BCUT2D eigenvalue weighted by atomic mass is 9.87. The van der Waals surface area contributed by atoms with Crippen LogP contribution in [0.3, 0.4) is 0 Å². The summed E-state index contributed by atoms with van der Waals surface area (Å²) in [5, 5.41) is 9.36. The summed E-state index contributed by atoms with van der Waals surface area (Å²) in [6.07, 6.45) is 0. The van der Waals surface area contributed by atoms with Crippen molar-refractivity contribution in [2.45, 2.75) is 52.4 Å². The maximum absolute atomic E-state index is 6.64. The van der Waals surface area contributed by atoms with Crippen molar-refractivity contribution in [3.05, 3.63) is 120 Å². The summed E-state index contributed by atoms with van der Waals surface area (Å²) < 4.78 is 13.3. The topological polar surface area (TPSA) is 18.5 Å². The molecule has 0 N–H and O–H groups in total. The van der Waals surface area contributed by atoms with E-state index < -0.39 is 0 Å². The lowest BCUT2D eigenvalue weighted by Gasteiger charge is -2.21. The van der Waals surface area contributed by atoms with Crippen LogP contribution in [0, 0.1) is 0 Å². The van der Waals surface area contributed by atoms with Crippen LogP contribution < -0.4 is 9.47 Å². The SMILES string of the molecule is CC(C)(C)c1ccc(Oc2ccc3cccc4c5c(Oc6ccc(C(C)(C)C)cc6)ccc6cccc(c2c34)c65)cc1. The zero-order valence-corrected chi connectivity index (χ0v) is 25.2. The Morgan fingerprint density at radius 2 is 0.762 bits per heavy atom. The summed E-state index contributed by atoms with van der Waals surface area (Å²) >= 11 is 0. The van der Waals surface area contributed by atoms with E-state index in [0.29, 0.717) is 0 Å². The highest BCUT2D eigenvalue weighted by molar-refractivity contribution is 6.35. The number of hydrogen-bond donors (Lipinski definition) is 0. The fraction of sp³-hybridized carbons (Fsp3) is 0.200. The monoisotopic (exact) mass is 548 g/mol. The Kier molecular flexibility index (Phi) is 5.95. The Hall–Kier alpha value is -4.56. The number of rotatable bonds is 4. The highest BCUT2D eigenvalue weighted by Crippen LogP contribution is 2.48. The summed E-state index contributed by atoms with van der Waals surface area (Å²) in [4.78, 5) is 0. The van der Waals surface area contributed by atoms with E-state index >= 15 is 0 Å². The Morgan fingerprint density at radius 1 is 0.381 bits per heavy atom. The van der Waals surface area contributed by atoms with Gasteiger partial charge in [-0.1, -0.05) is 114 Å². The minimum absolute atomic E-state index is 0.0934. The van der Waals surface area contributed by atoms with Crippen LogP contribution in [0.4, 0.5) is 0 Å². The number of fused-ring (bicyclic) bond motifs is 2. The zero-order chi connectivity index (χ0) is 29.2. The van der Waals surface area contributed by atoms with E-state index in [1.165, 1.54) is 43.4 Å². The van der Waals surface area contributed by atoms with Gasteiger partial charge in [0.05, 0.1) is 0 Å². The van der Waals surface area contributed by atoms with E-state index in [1.807, 2.05) is 0 Å². The van der Waals surface area contributed by atoms with Gasteiger partial charge in [-0.3, -0.25) is 0 Å². The highest BCUT2D eigenvalue weighted by atomic mass is 16.5. The van der Waals surface area contributed by atoms with Gasteiger partial charge in [-0.05, 0) is 79.9 Å². The summed E-state index contributed by atoms with van der Waals surface area (Å²) in [6, 6.07) is 38.6. The van der Waals surface area contributed by atoms with Crippen molar-refractivity contribution in [2.75, 3.05) is 0 Å². The second-order valence-electron chi connectivity index (χ2n) is 13.4. The normalized spacial score (nSPS) is 12.5. The number of benzene rings is 7. The van der Waals surface area contributed by atoms with Crippen LogP contribution in [0.15, 0.2) is 109 Å². The van der Waals surface area contributed by atoms with Crippen LogP contribution in [0.25, 0.3) is 43.1 Å². The van der Waals surface area contributed by atoms with Crippen LogP contribution in [-0.2, 0) is 10.8 Å². The van der Waals surface area contributed by atoms with Gasteiger partial charge in [0.1, 0.15) is 23.0 Å². The summed E-state index contributed by atoms with van der Waals surface area (Å²) in [7, 11) is 0. The van der Waals surface area contributed by atoms with Gasteiger partial charge in [0.25, 0.3) is 0 Å². The lowest BCUT2D eigenvalue weighted by molar-refractivity contribution is 0.486. The molecule has 208 valence electrons. The molecule has 0 unspecified atom stereocenters. The van der Waals surface area contributed by atoms with Gasteiger partial charge in [0, 0.05) is 21.5 Å². The van der Waals surface area contributed by atoms with Gasteiger partial charge in [0.15, 0.2) is 0 Å². The largest absolute Gasteiger partial charge is 0.457 e. The second-order valence-corrected chi connectivity index (χ2v) is 13.4. The van der Waals surface area contributed by atoms with E-state index in [1.54, 1.807) is 0 Å². The first-order valence-corrected chi connectivity index (χ1v) is 14.8. The third kappa shape index (κ3) is 4.43. The van der Waals surface area contributed by atoms with Crippen LogP contribution in [-0.4, -0.2) is 0 Å². The predicted octanol–water partition coefficient (Wildman–Crippen LogP) is 11.9. The van der Waals surface area contributed by atoms with Crippen LogP contribution in [0.2, 0.25) is 0 Å². The Balaban J connectivity index is 1.43. The van der Waals surface area contributed by atoms with Gasteiger partial charge < -0.3 is 9.47 Å². The average molecular weight is 549 g/mol. The Labute approximate surface area is 247 Å².